The van der Waals surface area contributed by atoms with Crippen molar-refractivity contribution in [3.63, 3.8) is 0 Å². The third-order valence-electron chi connectivity index (χ3n) is 2.66. The molecule has 0 saturated heterocycles. The number of carboxylic acids is 1. The first-order valence-electron chi connectivity index (χ1n) is 6.99. The highest BCUT2D eigenvalue weighted by molar-refractivity contribution is 5.90. The van der Waals surface area contributed by atoms with E-state index in [0.29, 0.717) is 0 Å². The third kappa shape index (κ3) is 7.54. The SMILES string of the molecule is CCCC[N+]#CC=CC(=CC=Cc1ccccc1)C(=O)O. The van der Waals surface area contributed by atoms with Gasteiger partial charge in [0.15, 0.2) is 0 Å². The van der Waals surface area contributed by atoms with Crippen LogP contribution in [0.3, 0.4) is 0 Å². The lowest BCUT2D eigenvalue weighted by molar-refractivity contribution is -0.132. The maximum Gasteiger partial charge on any atom is 0.335 e. The highest BCUT2D eigenvalue weighted by atomic mass is 16.4. The maximum atomic E-state index is 11.1. The summed E-state index contributed by atoms with van der Waals surface area (Å²) in [5.41, 5.74) is 1.22. The van der Waals surface area contributed by atoms with E-state index < -0.39 is 5.97 Å². The van der Waals surface area contributed by atoms with Crippen molar-refractivity contribution in [1.29, 1.82) is 0 Å². The first-order chi connectivity index (χ1) is 10.2. The minimum Gasteiger partial charge on any atom is -0.478 e. The summed E-state index contributed by atoms with van der Waals surface area (Å²) >= 11 is 0. The second kappa shape index (κ2) is 10.2. The quantitative estimate of drug-likeness (QED) is 0.363. The van der Waals surface area contributed by atoms with E-state index in [1.54, 1.807) is 12.2 Å². The average Bonchev–Trinajstić information content (AvgIpc) is 2.49. The van der Waals surface area contributed by atoms with Gasteiger partial charge in [-0.1, -0.05) is 54.3 Å². The molecule has 0 fully saturated rings. The van der Waals surface area contributed by atoms with Gasteiger partial charge in [0.25, 0.3) is 6.54 Å². The predicted molar refractivity (Wildman–Crippen MR) is 87.4 cm³/mol. The van der Waals surface area contributed by atoms with Gasteiger partial charge in [0, 0.05) is 6.42 Å². The molecule has 0 bridgehead atoms. The van der Waals surface area contributed by atoms with Gasteiger partial charge in [0.2, 0.25) is 0 Å². The maximum absolute atomic E-state index is 11.1. The highest BCUT2D eigenvalue weighted by Gasteiger charge is 2.00. The van der Waals surface area contributed by atoms with E-state index in [-0.39, 0.29) is 5.57 Å². The molecule has 0 atom stereocenters. The van der Waals surface area contributed by atoms with Gasteiger partial charge in [0.1, 0.15) is 0 Å². The molecule has 0 aliphatic carbocycles. The molecule has 0 unspecified atom stereocenters. The molecule has 0 spiro atoms. The monoisotopic (exact) mass is 282 g/mol. The molecule has 0 aliphatic rings. The molecule has 1 rings (SSSR count). The summed E-state index contributed by atoms with van der Waals surface area (Å²) in [5.74, 6) is -0.973. The van der Waals surface area contributed by atoms with Gasteiger partial charge >= 0.3 is 12.0 Å². The smallest absolute Gasteiger partial charge is 0.335 e. The molecule has 0 radical (unpaired) electrons. The van der Waals surface area contributed by atoms with Crippen LogP contribution >= 0.6 is 0 Å². The van der Waals surface area contributed by atoms with Gasteiger partial charge in [-0.3, -0.25) is 0 Å². The van der Waals surface area contributed by atoms with Crippen LogP contribution < -0.4 is 0 Å². The van der Waals surface area contributed by atoms with Crippen molar-refractivity contribution >= 4 is 12.0 Å². The number of hydrogen-bond donors (Lipinski definition) is 1. The zero-order chi connectivity index (χ0) is 15.3. The Morgan fingerprint density at radius 3 is 2.76 bits per heavy atom. The molecule has 1 N–H and O–H groups in total. The number of nitrogens with zero attached hydrogens (tertiary/aromatic N) is 1. The average molecular weight is 282 g/mol. The van der Waals surface area contributed by atoms with Crippen molar-refractivity contribution in [2.45, 2.75) is 19.8 Å². The summed E-state index contributed by atoms with van der Waals surface area (Å²) in [5, 5.41) is 9.10. The minimum absolute atomic E-state index is 0.195. The third-order valence-corrected chi connectivity index (χ3v) is 2.66. The van der Waals surface area contributed by atoms with Gasteiger partial charge in [-0.2, -0.15) is 0 Å². The predicted octanol–water partition coefficient (Wildman–Crippen LogP) is 4.40. The fourth-order valence-electron chi connectivity index (χ4n) is 1.51. The number of carboxylic acid groups (broad SMARTS) is 1. The summed E-state index contributed by atoms with van der Waals surface area (Å²) in [6.45, 7) is 2.82. The minimum atomic E-state index is -0.973. The van der Waals surface area contributed by atoms with E-state index >= 15 is 0 Å². The first-order valence-corrected chi connectivity index (χ1v) is 6.99. The molecule has 0 heterocycles. The van der Waals surface area contributed by atoms with Crippen LogP contribution in [0.2, 0.25) is 0 Å². The van der Waals surface area contributed by atoms with Crippen LogP contribution in [0.15, 0.2) is 60.2 Å². The lowest BCUT2D eigenvalue weighted by Gasteiger charge is -1.91. The molecular formula is C18H20NO2+. The van der Waals surface area contributed by atoms with Crippen LogP contribution in [-0.2, 0) is 4.79 Å². The Labute approximate surface area is 125 Å². The molecule has 0 saturated carbocycles. The Morgan fingerprint density at radius 2 is 2.10 bits per heavy atom. The summed E-state index contributed by atoms with van der Waals surface area (Å²) < 4.78 is 0. The zero-order valence-corrected chi connectivity index (χ0v) is 12.2. The van der Waals surface area contributed by atoms with Crippen LogP contribution in [-0.4, -0.2) is 17.6 Å². The van der Waals surface area contributed by atoms with E-state index in [0.717, 1.165) is 24.9 Å². The standard InChI is InChI=1S/C18H19NO2/c1-2-3-14-19-15-8-13-17(18(20)21)12-7-11-16-9-5-4-6-10-16/h4-13H,2-3,14H2,1H3/p+1. The summed E-state index contributed by atoms with van der Waals surface area (Å²) in [4.78, 5) is 15.1. The van der Waals surface area contributed by atoms with E-state index in [2.05, 4.69) is 17.8 Å². The Balaban J connectivity index is 2.66. The zero-order valence-electron chi connectivity index (χ0n) is 12.2. The molecule has 0 amide bonds. The molecule has 21 heavy (non-hydrogen) atoms. The number of carbonyl (C=O) groups is 1. The Morgan fingerprint density at radius 1 is 1.33 bits per heavy atom. The molecule has 0 aliphatic heterocycles. The Kier molecular flexibility index (Phi) is 8.01. The second-order valence-electron chi connectivity index (χ2n) is 4.39. The van der Waals surface area contributed by atoms with Crippen LogP contribution in [0, 0.1) is 6.07 Å². The van der Waals surface area contributed by atoms with Crippen LogP contribution in [0.5, 0.6) is 0 Å². The molecule has 0 aromatic heterocycles. The Hall–Kier alpha value is -2.60. The van der Waals surface area contributed by atoms with Gasteiger partial charge < -0.3 is 5.11 Å². The molecule has 3 nitrogen and oxygen atoms in total. The number of benzene rings is 1. The fraction of sp³-hybridized carbons (Fsp3) is 0.222. The van der Waals surface area contributed by atoms with Gasteiger partial charge in [0.05, 0.1) is 11.6 Å². The number of unbranched alkanes of at least 4 members (excludes halogenated alkanes) is 1. The van der Waals surface area contributed by atoms with Crippen molar-refractivity contribution in [2.24, 2.45) is 0 Å². The van der Waals surface area contributed by atoms with Gasteiger partial charge in [-0.05, 0) is 24.1 Å². The first kappa shape index (κ1) is 16.5. The van der Waals surface area contributed by atoms with E-state index in [1.807, 2.05) is 36.4 Å². The number of aliphatic carboxylic acids is 1. The summed E-state index contributed by atoms with van der Waals surface area (Å²) in [6.07, 6.45) is 10.3. The summed E-state index contributed by atoms with van der Waals surface area (Å²) in [7, 11) is 0. The van der Waals surface area contributed by atoms with Crippen LogP contribution in [0.25, 0.3) is 10.9 Å². The normalized spacial score (nSPS) is 11.6. The fourth-order valence-corrected chi connectivity index (χ4v) is 1.51. The molecular weight excluding hydrogens is 262 g/mol. The van der Waals surface area contributed by atoms with Crippen molar-refractivity contribution in [3.05, 3.63) is 70.6 Å². The number of allylic oxidation sites excluding steroid dienone is 3. The molecule has 108 valence electrons. The highest BCUT2D eigenvalue weighted by Crippen LogP contribution is 2.03. The molecule has 1 aromatic carbocycles. The van der Waals surface area contributed by atoms with Crippen LogP contribution in [0.1, 0.15) is 25.3 Å². The Bertz CT molecular complexity index is 587. The largest absolute Gasteiger partial charge is 0.478 e. The number of rotatable bonds is 6. The summed E-state index contributed by atoms with van der Waals surface area (Å²) in [6, 6.07) is 12.4. The van der Waals surface area contributed by atoms with Crippen molar-refractivity contribution in [1.82, 2.24) is 0 Å². The van der Waals surface area contributed by atoms with Crippen molar-refractivity contribution in [3.8, 4) is 6.07 Å². The lowest BCUT2D eigenvalue weighted by Crippen LogP contribution is -1.96. The van der Waals surface area contributed by atoms with Crippen LogP contribution in [0.4, 0.5) is 0 Å². The number of hydrogen-bond acceptors (Lipinski definition) is 1. The van der Waals surface area contributed by atoms with Gasteiger partial charge in [-0.25, -0.2) is 4.79 Å². The molecule has 3 heteroatoms. The lowest BCUT2D eigenvalue weighted by atomic mass is 10.2. The van der Waals surface area contributed by atoms with E-state index in [4.69, 9.17) is 5.11 Å². The van der Waals surface area contributed by atoms with Crippen molar-refractivity contribution in [2.75, 3.05) is 6.54 Å². The molecule has 1 aromatic rings. The van der Waals surface area contributed by atoms with Gasteiger partial charge in [-0.15, -0.1) is 0 Å². The topological polar surface area (TPSA) is 41.7 Å². The second-order valence-corrected chi connectivity index (χ2v) is 4.39. The van der Waals surface area contributed by atoms with Crippen molar-refractivity contribution < 1.29 is 9.90 Å². The van der Waals surface area contributed by atoms with E-state index in [9.17, 15) is 4.79 Å². The van der Waals surface area contributed by atoms with E-state index in [1.165, 1.54) is 12.2 Å².